The highest BCUT2D eigenvalue weighted by atomic mass is 16.1. The van der Waals surface area contributed by atoms with E-state index in [1.165, 1.54) is 16.7 Å². The zero-order valence-electron chi connectivity index (χ0n) is 15.1. The van der Waals surface area contributed by atoms with Crippen molar-refractivity contribution >= 4 is 11.9 Å². The van der Waals surface area contributed by atoms with E-state index in [0.717, 1.165) is 12.0 Å². The van der Waals surface area contributed by atoms with Crippen molar-refractivity contribution in [2.45, 2.75) is 51.4 Å². The van der Waals surface area contributed by atoms with Crippen molar-refractivity contribution in [3.63, 3.8) is 0 Å². The molecule has 124 valence electrons. The Hall–Kier alpha value is -2.15. The Morgan fingerprint density at radius 1 is 0.958 bits per heavy atom. The maximum atomic E-state index is 12.7. The minimum absolute atomic E-state index is 0.136. The van der Waals surface area contributed by atoms with E-state index in [1.807, 2.05) is 18.2 Å². The van der Waals surface area contributed by atoms with Crippen LogP contribution in [0.15, 0.2) is 60.2 Å². The molecule has 0 spiro atoms. The molecule has 0 amide bonds. The highest BCUT2D eigenvalue weighted by molar-refractivity contribution is 5.96. The highest BCUT2D eigenvalue weighted by Gasteiger charge is 2.41. The number of hydrogen-bond donors (Lipinski definition) is 0. The summed E-state index contributed by atoms with van der Waals surface area (Å²) in [5.41, 5.74) is 4.59. The molecule has 0 saturated heterocycles. The van der Waals surface area contributed by atoms with Gasteiger partial charge >= 0.3 is 0 Å². The van der Waals surface area contributed by atoms with Crippen molar-refractivity contribution in [1.29, 1.82) is 0 Å². The maximum absolute atomic E-state index is 12.7. The van der Waals surface area contributed by atoms with Crippen molar-refractivity contribution in [3.8, 4) is 0 Å². The van der Waals surface area contributed by atoms with Crippen molar-refractivity contribution in [3.05, 3.63) is 76.9 Å². The lowest BCUT2D eigenvalue weighted by molar-refractivity contribution is -0.121. The molecule has 2 aromatic rings. The van der Waals surface area contributed by atoms with E-state index in [1.54, 1.807) is 0 Å². The summed E-state index contributed by atoms with van der Waals surface area (Å²) in [5.74, 6) is 0.327. The Bertz CT molecular complexity index is 760. The predicted molar refractivity (Wildman–Crippen MR) is 101 cm³/mol. The Kier molecular flexibility index (Phi) is 4.21. The molecule has 0 bridgehead atoms. The number of ketones is 1. The first-order valence-electron chi connectivity index (χ1n) is 8.68. The second-order valence-corrected chi connectivity index (χ2v) is 8.15. The second kappa shape index (κ2) is 6.05. The summed E-state index contributed by atoms with van der Waals surface area (Å²) in [6.45, 7) is 8.73. The molecule has 0 aromatic heterocycles. The van der Waals surface area contributed by atoms with E-state index < -0.39 is 5.41 Å². The minimum Gasteiger partial charge on any atom is -0.298 e. The molecule has 3 rings (SSSR count). The number of rotatable bonds is 2. The molecule has 0 heterocycles. The summed E-state index contributed by atoms with van der Waals surface area (Å²) >= 11 is 0. The first-order valence-corrected chi connectivity index (χ1v) is 8.68. The molecular formula is C23H26O. The highest BCUT2D eigenvalue weighted by Crippen LogP contribution is 2.42. The van der Waals surface area contributed by atoms with Crippen molar-refractivity contribution in [1.82, 2.24) is 0 Å². The van der Waals surface area contributed by atoms with Gasteiger partial charge in [-0.2, -0.15) is 0 Å². The van der Waals surface area contributed by atoms with Gasteiger partial charge in [0.05, 0.1) is 5.41 Å². The Labute approximate surface area is 145 Å². The van der Waals surface area contributed by atoms with Crippen molar-refractivity contribution < 1.29 is 4.79 Å². The summed E-state index contributed by atoms with van der Waals surface area (Å²) < 4.78 is 0. The van der Waals surface area contributed by atoms with Crippen LogP contribution < -0.4 is 0 Å². The van der Waals surface area contributed by atoms with Gasteiger partial charge in [0, 0.05) is 6.42 Å². The molecule has 0 aliphatic heterocycles. The van der Waals surface area contributed by atoms with Gasteiger partial charge in [0.25, 0.3) is 0 Å². The molecule has 1 aliphatic rings. The molecular weight excluding hydrogens is 292 g/mol. The molecule has 2 aromatic carbocycles. The zero-order chi connectivity index (χ0) is 17.4. The molecule has 0 radical (unpaired) electrons. The van der Waals surface area contributed by atoms with Crippen LogP contribution in [-0.2, 0) is 15.6 Å². The van der Waals surface area contributed by atoms with Gasteiger partial charge in [-0.05, 0) is 35.4 Å². The van der Waals surface area contributed by atoms with Gasteiger partial charge in [0.2, 0.25) is 0 Å². The van der Waals surface area contributed by atoms with E-state index in [2.05, 4.69) is 70.2 Å². The van der Waals surface area contributed by atoms with E-state index in [-0.39, 0.29) is 5.41 Å². The van der Waals surface area contributed by atoms with Crippen molar-refractivity contribution in [2.75, 3.05) is 0 Å². The largest absolute Gasteiger partial charge is 0.298 e. The van der Waals surface area contributed by atoms with E-state index in [0.29, 0.717) is 12.2 Å². The first-order chi connectivity index (χ1) is 11.3. The Balaban J connectivity index is 1.88. The fraction of sp³-hybridized carbons (Fsp3) is 0.348. The SMILES string of the molecule is CC(C)(C)c1ccc(C2(C)C/C(=C\c3ccccc3)CC2=O)cc1. The fourth-order valence-electron chi connectivity index (χ4n) is 3.50. The van der Waals surface area contributed by atoms with E-state index in [9.17, 15) is 4.79 Å². The lowest BCUT2D eigenvalue weighted by atomic mass is 9.78. The number of hydrogen-bond acceptors (Lipinski definition) is 1. The third kappa shape index (κ3) is 3.21. The molecule has 1 aliphatic carbocycles. The summed E-state index contributed by atoms with van der Waals surface area (Å²) in [5, 5.41) is 0. The van der Waals surface area contributed by atoms with Crippen molar-refractivity contribution in [2.24, 2.45) is 0 Å². The maximum Gasteiger partial charge on any atom is 0.147 e. The Morgan fingerprint density at radius 2 is 1.58 bits per heavy atom. The minimum atomic E-state index is -0.392. The molecule has 1 fully saturated rings. The van der Waals surface area contributed by atoms with E-state index in [4.69, 9.17) is 0 Å². The van der Waals surface area contributed by atoms with Gasteiger partial charge in [-0.25, -0.2) is 0 Å². The molecule has 0 N–H and O–H groups in total. The van der Waals surface area contributed by atoms with Crippen LogP contribution >= 0.6 is 0 Å². The van der Waals surface area contributed by atoms with E-state index >= 15 is 0 Å². The summed E-state index contributed by atoms with van der Waals surface area (Å²) in [6.07, 6.45) is 3.55. The number of carbonyl (C=O) groups excluding carboxylic acids is 1. The number of benzene rings is 2. The third-order valence-electron chi connectivity index (χ3n) is 5.14. The molecule has 1 unspecified atom stereocenters. The molecule has 1 heteroatoms. The van der Waals surface area contributed by atoms with Crippen LogP contribution in [0.25, 0.3) is 6.08 Å². The van der Waals surface area contributed by atoms with Crippen LogP contribution in [0, 0.1) is 0 Å². The number of allylic oxidation sites excluding steroid dienone is 1. The summed E-state index contributed by atoms with van der Waals surface area (Å²) in [4.78, 5) is 12.7. The average molecular weight is 318 g/mol. The first kappa shape index (κ1) is 16.7. The second-order valence-electron chi connectivity index (χ2n) is 8.15. The predicted octanol–water partition coefficient (Wildman–Crippen LogP) is 5.69. The number of carbonyl (C=O) groups is 1. The molecule has 1 atom stereocenters. The summed E-state index contributed by atoms with van der Waals surface area (Å²) in [6, 6.07) is 18.9. The average Bonchev–Trinajstić information content (AvgIpc) is 2.83. The molecule has 1 nitrogen and oxygen atoms in total. The zero-order valence-corrected chi connectivity index (χ0v) is 15.1. The fourth-order valence-corrected chi connectivity index (χ4v) is 3.50. The monoisotopic (exact) mass is 318 g/mol. The van der Waals surface area contributed by atoms with Gasteiger partial charge in [0.15, 0.2) is 0 Å². The number of Topliss-reactive ketones (excluding diaryl/α,β-unsaturated/α-hetero) is 1. The van der Waals surface area contributed by atoms with Crippen LogP contribution in [0.2, 0.25) is 0 Å². The van der Waals surface area contributed by atoms with Gasteiger partial charge in [-0.3, -0.25) is 4.79 Å². The van der Waals surface area contributed by atoms with Gasteiger partial charge in [-0.15, -0.1) is 0 Å². The Morgan fingerprint density at radius 3 is 2.17 bits per heavy atom. The lowest BCUT2D eigenvalue weighted by Crippen LogP contribution is -2.26. The van der Waals surface area contributed by atoms with Crippen LogP contribution in [0.3, 0.4) is 0 Å². The summed E-state index contributed by atoms with van der Waals surface area (Å²) in [7, 11) is 0. The van der Waals surface area contributed by atoms with Crippen LogP contribution in [0.5, 0.6) is 0 Å². The smallest absolute Gasteiger partial charge is 0.147 e. The third-order valence-corrected chi connectivity index (χ3v) is 5.14. The van der Waals surface area contributed by atoms with Crippen LogP contribution in [0.4, 0.5) is 0 Å². The molecule has 1 saturated carbocycles. The quantitative estimate of drug-likeness (QED) is 0.695. The van der Waals surface area contributed by atoms with Gasteiger partial charge in [-0.1, -0.05) is 87.0 Å². The van der Waals surface area contributed by atoms with Crippen LogP contribution in [0.1, 0.15) is 57.2 Å². The standard InChI is InChI=1S/C23H26O/c1-22(2,3)19-10-12-20(13-11-19)23(4)16-18(15-21(23)24)14-17-8-6-5-7-9-17/h5-14H,15-16H2,1-4H3/b18-14-. The van der Waals surface area contributed by atoms with Gasteiger partial charge in [0.1, 0.15) is 5.78 Å². The van der Waals surface area contributed by atoms with Crippen LogP contribution in [-0.4, -0.2) is 5.78 Å². The lowest BCUT2D eigenvalue weighted by Gasteiger charge is -2.25. The molecule has 24 heavy (non-hydrogen) atoms. The van der Waals surface area contributed by atoms with Gasteiger partial charge < -0.3 is 0 Å². The topological polar surface area (TPSA) is 17.1 Å². The normalized spacial score (nSPS) is 23.0.